The summed E-state index contributed by atoms with van der Waals surface area (Å²) in [6.07, 6.45) is 3.97. The molecule has 0 aliphatic heterocycles. The fraction of sp³-hybridized carbons (Fsp3) is 1.00. The van der Waals surface area contributed by atoms with Gasteiger partial charge in [0, 0.05) is 10.8 Å². The van der Waals surface area contributed by atoms with E-state index >= 15 is 0 Å². The molecular formula is C22H46O4. The highest BCUT2D eigenvalue weighted by molar-refractivity contribution is 5.03. The maximum absolute atomic E-state index is 11.1. The molecule has 158 valence electrons. The van der Waals surface area contributed by atoms with E-state index in [-0.39, 0.29) is 0 Å². The molecule has 0 amide bonds. The summed E-state index contributed by atoms with van der Waals surface area (Å²) in [7, 11) is 0. The molecule has 0 fully saturated rings. The molecule has 0 aromatic rings. The molecule has 4 nitrogen and oxygen atoms in total. The summed E-state index contributed by atoms with van der Waals surface area (Å²) < 4.78 is 0. The smallest absolute Gasteiger partial charge is 0.0700 e. The van der Waals surface area contributed by atoms with Crippen molar-refractivity contribution >= 4 is 0 Å². The van der Waals surface area contributed by atoms with E-state index in [1.54, 1.807) is 41.5 Å². The van der Waals surface area contributed by atoms with Gasteiger partial charge >= 0.3 is 0 Å². The molecule has 4 heteroatoms. The van der Waals surface area contributed by atoms with Gasteiger partial charge in [-0.2, -0.15) is 0 Å². The first-order valence-corrected chi connectivity index (χ1v) is 10.2. The Balaban J connectivity index is 5.04. The SMILES string of the molecule is CCC(C)(C(C)(C)O)C(C)(O)CCCCC(C)(O)C(C)(CC)C(C)(C)O. The number of hydrogen-bond donors (Lipinski definition) is 4. The van der Waals surface area contributed by atoms with Crippen molar-refractivity contribution < 1.29 is 20.4 Å². The average Bonchev–Trinajstić information content (AvgIpc) is 2.47. The molecule has 0 heterocycles. The van der Waals surface area contributed by atoms with Gasteiger partial charge in [0.05, 0.1) is 22.4 Å². The first kappa shape index (κ1) is 25.8. The van der Waals surface area contributed by atoms with Crippen LogP contribution in [-0.2, 0) is 0 Å². The molecule has 0 spiro atoms. The highest BCUT2D eigenvalue weighted by Crippen LogP contribution is 2.48. The summed E-state index contributed by atoms with van der Waals surface area (Å²) in [6, 6.07) is 0. The van der Waals surface area contributed by atoms with Crippen LogP contribution in [0.4, 0.5) is 0 Å². The predicted molar refractivity (Wildman–Crippen MR) is 109 cm³/mol. The van der Waals surface area contributed by atoms with E-state index < -0.39 is 33.2 Å². The summed E-state index contributed by atoms with van der Waals surface area (Å²) in [5.74, 6) is 0. The molecule has 0 aliphatic rings. The minimum atomic E-state index is -1.00. The normalized spacial score (nSPS) is 22.8. The fourth-order valence-corrected chi connectivity index (χ4v) is 4.44. The molecule has 0 saturated heterocycles. The van der Waals surface area contributed by atoms with Crippen molar-refractivity contribution in [2.24, 2.45) is 10.8 Å². The van der Waals surface area contributed by atoms with Gasteiger partial charge in [-0.3, -0.25) is 0 Å². The molecule has 26 heavy (non-hydrogen) atoms. The quantitative estimate of drug-likeness (QED) is 0.403. The first-order chi connectivity index (χ1) is 11.3. The summed E-state index contributed by atoms with van der Waals surface area (Å²) in [4.78, 5) is 0. The van der Waals surface area contributed by atoms with Crippen LogP contribution in [0.25, 0.3) is 0 Å². The van der Waals surface area contributed by atoms with E-state index in [9.17, 15) is 20.4 Å². The maximum Gasteiger partial charge on any atom is 0.0700 e. The van der Waals surface area contributed by atoms with Crippen LogP contribution in [0.15, 0.2) is 0 Å². The van der Waals surface area contributed by atoms with E-state index in [0.717, 1.165) is 12.8 Å². The topological polar surface area (TPSA) is 80.9 Å². The van der Waals surface area contributed by atoms with Gasteiger partial charge in [-0.05, 0) is 67.2 Å². The third-order valence-electron chi connectivity index (χ3n) is 8.07. The van der Waals surface area contributed by atoms with E-state index in [0.29, 0.717) is 25.7 Å². The molecular weight excluding hydrogens is 328 g/mol. The molecule has 4 N–H and O–H groups in total. The number of aliphatic hydroxyl groups is 4. The van der Waals surface area contributed by atoms with Crippen molar-refractivity contribution in [3.8, 4) is 0 Å². The zero-order chi connectivity index (χ0) is 21.2. The summed E-state index contributed by atoms with van der Waals surface area (Å²) in [6.45, 7) is 18.5. The third-order valence-corrected chi connectivity index (χ3v) is 8.07. The molecule has 0 rings (SSSR count). The largest absolute Gasteiger partial charge is 0.390 e. The molecule has 4 atom stereocenters. The van der Waals surface area contributed by atoms with Crippen molar-refractivity contribution in [1.82, 2.24) is 0 Å². The Morgan fingerprint density at radius 1 is 0.500 bits per heavy atom. The minimum absolute atomic E-state index is 0.558. The lowest BCUT2D eigenvalue weighted by Crippen LogP contribution is -2.56. The van der Waals surface area contributed by atoms with Crippen LogP contribution in [-0.4, -0.2) is 42.8 Å². The zero-order valence-electron chi connectivity index (χ0n) is 19.0. The number of rotatable bonds is 11. The van der Waals surface area contributed by atoms with E-state index in [1.807, 2.05) is 27.7 Å². The van der Waals surface area contributed by atoms with Gasteiger partial charge in [-0.15, -0.1) is 0 Å². The van der Waals surface area contributed by atoms with Crippen LogP contribution < -0.4 is 0 Å². The molecule has 0 aromatic carbocycles. The van der Waals surface area contributed by atoms with Crippen molar-refractivity contribution in [3.63, 3.8) is 0 Å². The highest BCUT2D eigenvalue weighted by Gasteiger charge is 2.52. The Labute approximate surface area is 162 Å². The lowest BCUT2D eigenvalue weighted by molar-refractivity contribution is -0.177. The zero-order valence-corrected chi connectivity index (χ0v) is 19.0. The highest BCUT2D eigenvalue weighted by atomic mass is 16.3. The van der Waals surface area contributed by atoms with Crippen LogP contribution in [0.1, 0.15) is 108 Å². The van der Waals surface area contributed by atoms with Crippen LogP contribution in [0.5, 0.6) is 0 Å². The second-order valence-corrected chi connectivity index (χ2v) is 10.2. The first-order valence-electron chi connectivity index (χ1n) is 10.2. The van der Waals surface area contributed by atoms with Crippen molar-refractivity contribution in [3.05, 3.63) is 0 Å². The Morgan fingerprint density at radius 3 is 0.885 bits per heavy atom. The molecule has 4 unspecified atom stereocenters. The second kappa shape index (κ2) is 8.06. The maximum atomic E-state index is 11.1. The van der Waals surface area contributed by atoms with E-state index in [2.05, 4.69) is 0 Å². The fourth-order valence-electron chi connectivity index (χ4n) is 4.44. The Hall–Kier alpha value is -0.160. The van der Waals surface area contributed by atoms with E-state index in [1.165, 1.54) is 0 Å². The monoisotopic (exact) mass is 374 g/mol. The van der Waals surface area contributed by atoms with Gasteiger partial charge in [-0.25, -0.2) is 0 Å². The molecule has 0 bridgehead atoms. The van der Waals surface area contributed by atoms with Gasteiger partial charge in [0.25, 0.3) is 0 Å². The lowest BCUT2D eigenvalue weighted by Gasteiger charge is -2.51. The van der Waals surface area contributed by atoms with Gasteiger partial charge in [0.15, 0.2) is 0 Å². The van der Waals surface area contributed by atoms with E-state index in [4.69, 9.17) is 0 Å². The lowest BCUT2D eigenvalue weighted by atomic mass is 9.60. The van der Waals surface area contributed by atoms with Crippen LogP contribution in [0.3, 0.4) is 0 Å². The summed E-state index contributed by atoms with van der Waals surface area (Å²) in [5.41, 5.74) is -5.22. The minimum Gasteiger partial charge on any atom is -0.390 e. The van der Waals surface area contributed by atoms with Gasteiger partial charge in [0.2, 0.25) is 0 Å². The van der Waals surface area contributed by atoms with Gasteiger partial charge in [0.1, 0.15) is 0 Å². The van der Waals surface area contributed by atoms with Crippen LogP contribution >= 0.6 is 0 Å². The number of hydrogen-bond acceptors (Lipinski definition) is 4. The molecule has 0 aromatic heterocycles. The summed E-state index contributed by atoms with van der Waals surface area (Å²) in [5, 5.41) is 43.3. The predicted octanol–water partition coefficient (Wildman–Crippen LogP) is 4.42. The van der Waals surface area contributed by atoms with Crippen molar-refractivity contribution in [2.45, 2.75) is 130 Å². The van der Waals surface area contributed by atoms with Crippen LogP contribution in [0, 0.1) is 10.8 Å². The molecule has 0 saturated carbocycles. The van der Waals surface area contributed by atoms with Gasteiger partial charge < -0.3 is 20.4 Å². The Bertz CT molecular complexity index is 400. The van der Waals surface area contributed by atoms with Crippen molar-refractivity contribution in [1.29, 1.82) is 0 Å². The van der Waals surface area contributed by atoms with Gasteiger partial charge in [-0.1, -0.05) is 40.5 Å². The van der Waals surface area contributed by atoms with Crippen molar-refractivity contribution in [2.75, 3.05) is 0 Å². The molecule has 0 radical (unpaired) electrons. The number of unbranched alkanes of at least 4 members (excludes halogenated alkanes) is 1. The Morgan fingerprint density at radius 2 is 0.731 bits per heavy atom. The summed E-state index contributed by atoms with van der Waals surface area (Å²) >= 11 is 0. The third kappa shape index (κ3) is 4.81. The second-order valence-electron chi connectivity index (χ2n) is 10.2. The molecule has 0 aliphatic carbocycles. The Kier molecular flexibility index (Phi) is 8.01. The average molecular weight is 375 g/mol. The standard InChI is InChI=1S/C22H46O4/c1-11-19(7,17(3,4)23)21(9,25)15-13-14-16-22(10,26)20(8,12-2)18(5,6)24/h23-26H,11-16H2,1-10H3. The van der Waals surface area contributed by atoms with Crippen LogP contribution in [0.2, 0.25) is 0 Å².